The van der Waals surface area contributed by atoms with Crippen LogP contribution in [0.3, 0.4) is 0 Å². The van der Waals surface area contributed by atoms with E-state index in [1.807, 2.05) is 0 Å². The van der Waals surface area contributed by atoms with Gasteiger partial charge in [-0.15, -0.1) is 0 Å². The molecule has 54 valence electrons. The van der Waals surface area contributed by atoms with E-state index in [1.165, 1.54) is 0 Å². The van der Waals surface area contributed by atoms with Crippen molar-refractivity contribution in [1.29, 1.82) is 0 Å². The van der Waals surface area contributed by atoms with Gasteiger partial charge in [-0.3, -0.25) is 0 Å². The zero-order valence-electron chi connectivity index (χ0n) is 5.35. The largest absolute Gasteiger partial charge is 0.381 e. The summed E-state index contributed by atoms with van der Waals surface area (Å²) in [6.45, 7) is 1.14. The van der Waals surface area contributed by atoms with E-state index in [2.05, 4.69) is 0 Å². The van der Waals surface area contributed by atoms with E-state index in [0.717, 1.165) is 0 Å². The molecule has 1 heterocycles. The van der Waals surface area contributed by atoms with Gasteiger partial charge in [0.15, 0.2) is 0 Å². The molecule has 2 atom stereocenters. The molecule has 0 spiro atoms. The third-order valence-corrected chi connectivity index (χ3v) is 1.60. The van der Waals surface area contributed by atoms with Gasteiger partial charge in [0.05, 0.1) is 0 Å². The Morgan fingerprint density at radius 1 is 1.33 bits per heavy atom. The minimum absolute atomic E-state index is 0.299. The predicted octanol–water partition coefficient (Wildman–Crippen LogP) is 0.462. The molecule has 0 aromatic carbocycles. The molecule has 0 radical (unpaired) electrons. The summed E-state index contributed by atoms with van der Waals surface area (Å²) < 4.78 is 17.6. The van der Waals surface area contributed by atoms with E-state index in [-0.39, 0.29) is 6.04 Å². The van der Waals surface area contributed by atoms with Crippen LogP contribution in [0.25, 0.3) is 0 Å². The van der Waals surface area contributed by atoms with E-state index in [4.69, 9.17) is 10.5 Å². The first-order valence-corrected chi connectivity index (χ1v) is 3.28. The topological polar surface area (TPSA) is 35.2 Å². The first kappa shape index (κ1) is 6.96. The maximum atomic E-state index is 12.6. The second kappa shape index (κ2) is 3.13. The normalized spacial score (nSPS) is 38.0. The van der Waals surface area contributed by atoms with Crippen molar-refractivity contribution in [3.63, 3.8) is 0 Å². The summed E-state index contributed by atoms with van der Waals surface area (Å²) in [4.78, 5) is 0. The smallest absolute Gasteiger partial charge is 0.117 e. The fourth-order valence-corrected chi connectivity index (χ4v) is 0.912. The minimum atomic E-state index is -0.854. The van der Waals surface area contributed by atoms with Crippen molar-refractivity contribution in [3.8, 4) is 0 Å². The molecule has 1 aliphatic rings. The fourth-order valence-electron chi connectivity index (χ4n) is 0.912. The molecule has 2 N–H and O–H groups in total. The lowest BCUT2D eigenvalue weighted by Gasteiger charge is -2.09. The first-order valence-electron chi connectivity index (χ1n) is 3.28. The summed E-state index contributed by atoms with van der Waals surface area (Å²) >= 11 is 0. The van der Waals surface area contributed by atoms with Crippen molar-refractivity contribution in [2.45, 2.75) is 25.1 Å². The van der Waals surface area contributed by atoms with Crippen LogP contribution in [0.1, 0.15) is 12.8 Å². The average molecular weight is 133 g/mol. The van der Waals surface area contributed by atoms with Crippen molar-refractivity contribution in [3.05, 3.63) is 0 Å². The molecule has 0 aliphatic carbocycles. The van der Waals surface area contributed by atoms with Crippen molar-refractivity contribution in [2.24, 2.45) is 5.73 Å². The average Bonchev–Trinajstić information content (AvgIpc) is 1.99. The van der Waals surface area contributed by atoms with Crippen LogP contribution in [0.5, 0.6) is 0 Å². The number of hydrogen-bond acceptors (Lipinski definition) is 2. The summed E-state index contributed by atoms with van der Waals surface area (Å²) in [5, 5.41) is 0. The van der Waals surface area contributed by atoms with Crippen molar-refractivity contribution in [1.82, 2.24) is 0 Å². The second-order valence-electron chi connectivity index (χ2n) is 2.37. The fraction of sp³-hybridized carbons (Fsp3) is 1.00. The van der Waals surface area contributed by atoms with E-state index in [9.17, 15) is 4.39 Å². The molecule has 1 rings (SSSR count). The lowest BCUT2D eigenvalue weighted by atomic mass is 10.1. The molecule has 3 heteroatoms. The van der Waals surface area contributed by atoms with Gasteiger partial charge in [-0.1, -0.05) is 0 Å². The van der Waals surface area contributed by atoms with Gasteiger partial charge < -0.3 is 10.5 Å². The van der Waals surface area contributed by atoms with E-state index in [1.54, 1.807) is 0 Å². The van der Waals surface area contributed by atoms with Crippen LogP contribution < -0.4 is 5.73 Å². The number of hydrogen-bond donors (Lipinski definition) is 1. The standard InChI is InChI=1S/C6H12FNO/c7-5-1-3-9-4-2-6(5)8/h5-6H,1-4,8H2. The van der Waals surface area contributed by atoms with Gasteiger partial charge in [0.25, 0.3) is 0 Å². The molecule has 1 fully saturated rings. The van der Waals surface area contributed by atoms with Crippen LogP contribution in [0.15, 0.2) is 0 Å². The van der Waals surface area contributed by atoms with Gasteiger partial charge in [-0.05, 0) is 6.42 Å². The Kier molecular flexibility index (Phi) is 2.42. The monoisotopic (exact) mass is 133 g/mol. The molecule has 0 saturated carbocycles. The number of halogens is 1. The Morgan fingerprint density at radius 3 is 2.78 bits per heavy atom. The van der Waals surface area contributed by atoms with Crippen LogP contribution in [0.2, 0.25) is 0 Å². The van der Waals surface area contributed by atoms with Gasteiger partial charge in [0, 0.05) is 25.7 Å². The van der Waals surface area contributed by atoms with Gasteiger partial charge in [0.1, 0.15) is 6.17 Å². The molecule has 9 heavy (non-hydrogen) atoms. The maximum Gasteiger partial charge on any atom is 0.117 e. The third kappa shape index (κ3) is 1.91. The van der Waals surface area contributed by atoms with Crippen molar-refractivity contribution >= 4 is 0 Å². The summed E-state index contributed by atoms with van der Waals surface area (Å²) in [6, 6.07) is -0.299. The van der Waals surface area contributed by atoms with Gasteiger partial charge >= 0.3 is 0 Å². The molecule has 0 aromatic rings. The molecule has 2 nitrogen and oxygen atoms in total. The molecule has 1 saturated heterocycles. The molecular formula is C6H12FNO. The summed E-state index contributed by atoms with van der Waals surface area (Å²) in [6.07, 6.45) is 0.259. The number of ether oxygens (including phenoxy) is 1. The SMILES string of the molecule is NC1CCOCCC1F. The lowest BCUT2D eigenvalue weighted by Crippen LogP contribution is -2.30. The van der Waals surface area contributed by atoms with Crippen LogP contribution >= 0.6 is 0 Å². The Morgan fingerprint density at radius 2 is 2.00 bits per heavy atom. The van der Waals surface area contributed by atoms with E-state index in [0.29, 0.717) is 26.1 Å². The Hall–Kier alpha value is -0.150. The highest BCUT2D eigenvalue weighted by molar-refractivity contribution is 4.73. The Labute approximate surface area is 54.2 Å². The van der Waals surface area contributed by atoms with Crippen LogP contribution in [-0.4, -0.2) is 25.4 Å². The zero-order valence-corrected chi connectivity index (χ0v) is 5.35. The highest BCUT2D eigenvalue weighted by Gasteiger charge is 2.18. The number of rotatable bonds is 0. The van der Waals surface area contributed by atoms with E-state index < -0.39 is 6.17 Å². The van der Waals surface area contributed by atoms with Crippen molar-refractivity contribution < 1.29 is 9.13 Å². The van der Waals surface area contributed by atoms with Crippen LogP contribution in [0, 0.1) is 0 Å². The highest BCUT2D eigenvalue weighted by Crippen LogP contribution is 2.09. The Bertz CT molecular complexity index is 79.1. The van der Waals surface area contributed by atoms with Gasteiger partial charge in [0.2, 0.25) is 0 Å². The summed E-state index contributed by atoms with van der Waals surface area (Å²) in [5.41, 5.74) is 5.42. The van der Waals surface area contributed by atoms with Gasteiger partial charge in [-0.25, -0.2) is 4.39 Å². The molecule has 0 bridgehead atoms. The zero-order chi connectivity index (χ0) is 6.69. The van der Waals surface area contributed by atoms with E-state index >= 15 is 0 Å². The highest BCUT2D eigenvalue weighted by atomic mass is 19.1. The van der Waals surface area contributed by atoms with Crippen LogP contribution in [0.4, 0.5) is 4.39 Å². The molecule has 2 unspecified atom stereocenters. The predicted molar refractivity (Wildman–Crippen MR) is 32.9 cm³/mol. The quantitative estimate of drug-likeness (QED) is 0.521. The summed E-state index contributed by atoms with van der Waals surface area (Å²) in [5.74, 6) is 0. The molecule has 0 aromatic heterocycles. The first-order chi connectivity index (χ1) is 4.30. The number of nitrogens with two attached hydrogens (primary N) is 1. The minimum Gasteiger partial charge on any atom is -0.381 e. The maximum absolute atomic E-state index is 12.6. The lowest BCUT2D eigenvalue weighted by molar-refractivity contribution is 0.138. The van der Waals surface area contributed by atoms with Gasteiger partial charge in [-0.2, -0.15) is 0 Å². The van der Waals surface area contributed by atoms with Crippen LogP contribution in [-0.2, 0) is 4.74 Å². The third-order valence-electron chi connectivity index (χ3n) is 1.60. The molecule has 0 amide bonds. The molecule has 1 aliphatic heterocycles. The van der Waals surface area contributed by atoms with Crippen molar-refractivity contribution in [2.75, 3.05) is 13.2 Å². The Balaban J connectivity index is 2.32. The number of alkyl halides is 1. The second-order valence-corrected chi connectivity index (χ2v) is 2.37. The summed E-state index contributed by atoms with van der Waals surface area (Å²) in [7, 11) is 0. The molecular weight excluding hydrogens is 121 g/mol.